The van der Waals surface area contributed by atoms with E-state index >= 15 is 0 Å². The molecule has 0 aliphatic carbocycles. The molecule has 5 heteroatoms. The highest BCUT2D eigenvalue weighted by Crippen LogP contribution is 2.24. The van der Waals surface area contributed by atoms with Crippen molar-refractivity contribution in [3.63, 3.8) is 0 Å². The van der Waals surface area contributed by atoms with E-state index < -0.39 is 0 Å². The van der Waals surface area contributed by atoms with Crippen molar-refractivity contribution in [3.8, 4) is 0 Å². The van der Waals surface area contributed by atoms with Gasteiger partial charge in [0.2, 0.25) is 5.91 Å². The van der Waals surface area contributed by atoms with Crippen molar-refractivity contribution in [3.05, 3.63) is 47.9 Å². The van der Waals surface area contributed by atoms with Crippen LogP contribution in [0.4, 0.5) is 0 Å². The smallest absolute Gasteiger partial charge is 0.235 e. The summed E-state index contributed by atoms with van der Waals surface area (Å²) >= 11 is 1.56. The van der Waals surface area contributed by atoms with Gasteiger partial charge in [-0.05, 0) is 26.0 Å². The number of hydrogen-bond donors (Lipinski definition) is 0. The molecule has 0 radical (unpaired) electrons. The van der Waals surface area contributed by atoms with Gasteiger partial charge in [0.05, 0.1) is 11.8 Å². The highest BCUT2D eigenvalue weighted by molar-refractivity contribution is 8.00. The van der Waals surface area contributed by atoms with Crippen molar-refractivity contribution in [2.24, 2.45) is 0 Å². The molecule has 0 fully saturated rings. The van der Waals surface area contributed by atoms with Crippen LogP contribution in [0.15, 0.2) is 45.8 Å². The zero-order chi connectivity index (χ0) is 14.5. The number of thioether (sulfide) groups is 1. The lowest BCUT2D eigenvalue weighted by atomic mass is 10.3. The Morgan fingerprint density at radius 1 is 1.40 bits per heavy atom. The summed E-state index contributed by atoms with van der Waals surface area (Å²) in [7, 11) is 1.79. The highest BCUT2D eigenvalue weighted by Gasteiger charge is 2.19. The summed E-state index contributed by atoms with van der Waals surface area (Å²) in [5.41, 5.74) is 0.773. The van der Waals surface area contributed by atoms with Gasteiger partial charge >= 0.3 is 0 Å². The van der Waals surface area contributed by atoms with Crippen molar-refractivity contribution in [2.45, 2.75) is 30.5 Å². The summed E-state index contributed by atoms with van der Waals surface area (Å²) in [5.74, 6) is 0.840. The molecule has 0 saturated carbocycles. The molecule has 1 atom stereocenters. The molecule has 20 heavy (non-hydrogen) atoms. The zero-order valence-electron chi connectivity index (χ0n) is 11.9. The molecule has 106 valence electrons. The van der Waals surface area contributed by atoms with E-state index in [9.17, 15) is 4.79 Å². The number of nitrogens with zero attached hydrogens (tertiary/aromatic N) is 2. The van der Waals surface area contributed by atoms with Crippen molar-refractivity contribution in [1.29, 1.82) is 0 Å². The first-order valence-electron chi connectivity index (χ1n) is 6.45. The van der Waals surface area contributed by atoms with Crippen molar-refractivity contribution in [1.82, 2.24) is 10.1 Å². The third-order valence-corrected chi connectivity index (χ3v) is 3.96. The van der Waals surface area contributed by atoms with Gasteiger partial charge in [-0.1, -0.05) is 23.4 Å². The van der Waals surface area contributed by atoms with Crippen LogP contribution < -0.4 is 0 Å². The summed E-state index contributed by atoms with van der Waals surface area (Å²) < 4.78 is 5.01. The molecule has 2 rings (SSSR count). The average Bonchev–Trinajstić information content (AvgIpc) is 2.84. The van der Waals surface area contributed by atoms with Crippen LogP contribution in [-0.4, -0.2) is 28.3 Å². The monoisotopic (exact) mass is 290 g/mol. The van der Waals surface area contributed by atoms with Crippen LogP contribution in [0.2, 0.25) is 0 Å². The molecule has 1 aromatic heterocycles. The second-order valence-corrected chi connectivity index (χ2v) is 6.11. The molecule has 0 aliphatic rings. The molecule has 1 unspecified atom stereocenters. The SMILES string of the molecule is Cc1cc(CN(C)C(=O)C(C)Sc2ccccc2)no1. The van der Waals surface area contributed by atoms with Crippen LogP contribution in [0.25, 0.3) is 0 Å². The predicted octanol–water partition coefficient (Wildman–Crippen LogP) is 3.12. The number of carbonyl (C=O) groups is 1. The second kappa shape index (κ2) is 6.61. The van der Waals surface area contributed by atoms with Crippen molar-refractivity contribution in [2.75, 3.05) is 7.05 Å². The number of hydrogen-bond acceptors (Lipinski definition) is 4. The number of amides is 1. The van der Waals surface area contributed by atoms with Gasteiger partial charge in [0.15, 0.2) is 0 Å². The van der Waals surface area contributed by atoms with E-state index in [1.165, 1.54) is 0 Å². The number of carbonyl (C=O) groups excluding carboxylic acids is 1. The lowest BCUT2D eigenvalue weighted by molar-refractivity contribution is -0.129. The first-order chi connectivity index (χ1) is 9.56. The highest BCUT2D eigenvalue weighted by atomic mass is 32.2. The number of benzene rings is 1. The standard InChI is InChI=1S/C15H18N2O2S/c1-11-9-13(16-19-11)10-17(3)15(18)12(2)20-14-7-5-4-6-8-14/h4-9,12H,10H2,1-3H3. The van der Waals surface area contributed by atoms with Crippen LogP contribution in [-0.2, 0) is 11.3 Å². The van der Waals surface area contributed by atoms with Crippen LogP contribution >= 0.6 is 11.8 Å². The summed E-state index contributed by atoms with van der Waals surface area (Å²) in [6.45, 7) is 4.23. The molecule has 1 heterocycles. The fourth-order valence-electron chi connectivity index (χ4n) is 1.88. The number of rotatable bonds is 5. The van der Waals surface area contributed by atoms with Gasteiger partial charge in [0, 0.05) is 18.0 Å². The zero-order valence-corrected chi connectivity index (χ0v) is 12.7. The molecule has 0 saturated heterocycles. The number of aryl methyl sites for hydroxylation is 1. The van der Waals surface area contributed by atoms with Crippen LogP contribution in [0.3, 0.4) is 0 Å². The lowest BCUT2D eigenvalue weighted by Crippen LogP contribution is -2.32. The minimum absolute atomic E-state index is 0.0829. The summed E-state index contributed by atoms with van der Waals surface area (Å²) in [4.78, 5) is 15.1. The van der Waals surface area contributed by atoms with E-state index in [2.05, 4.69) is 5.16 Å². The van der Waals surface area contributed by atoms with Crippen molar-refractivity contribution < 1.29 is 9.32 Å². The largest absolute Gasteiger partial charge is 0.361 e. The third-order valence-electron chi connectivity index (χ3n) is 2.86. The van der Waals surface area contributed by atoms with Gasteiger partial charge in [-0.3, -0.25) is 4.79 Å². The van der Waals surface area contributed by atoms with Gasteiger partial charge in [-0.25, -0.2) is 0 Å². The van der Waals surface area contributed by atoms with Crippen LogP contribution in [0.1, 0.15) is 18.4 Å². The fourth-order valence-corrected chi connectivity index (χ4v) is 2.88. The summed E-state index contributed by atoms with van der Waals surface area (Å²) in [6, 6.07) is 11.8. The van der Waals surface area contributed by atoms with Crippen LogP contribution in [0, 0.1) is 6.92 Å². The van der Waals surface area contributed by atoms with Gasteiger partial charge in [-0.2, -0.15) is 0 Å². The Labute approximate surface area is 123 Å². The Morgan fingerprint density at radius 3 is 2.70 bits per heavy atom. The molecule has 0 aliphatic heterocycles. The van der Waals surface area contributed by atoms with E-state index in [0.29, 0.717) is 6.54 Å². The second-order valence-electron chi connectivity index (χ2n) is 4.70. The maximum absolute atomic E-state index is 12.3. The Hall–Kier alpha value is -1.75. The molecule has 2 aromatic rings. The quantitative estimate of drug-likeness (QED) is 0.794. The Kier molecular flexibility index (Phi) is 4.84. The van der Waals surface area contributed by atoms with Gasteiger partial charge in [-0.15, -0.1) is 11.8 Å². The molecule has 0 spiro atoms. The summed E-state index contributed by atoms with van der Waals surface area (Å²) in [6.07, 6.45) is 0. The Bertz CT molecular complexity index is 568. The molecule has 0 N–H and O–H groups in total. The first kappa shape index (κ1) is 14.7. The molecular weight excluding hydrogens is 272 g/mol. The average molecular weight is 290 g/mol. The van der Waals surface area contributed by atoms with Gasteiger partial charge in [0.25, 0.3) is 0 Å². The topological polar surface area (TPSA) is 46.3 Å². The minimum Gasteiger partial charge on any atom is -0.361 e. The van der Waals surface area contributed by atoms with E-state index in [1.807, 2.05) is 50.2 Å². The Balaban J connectivity index is 1.92. The molecule has 1 amide bonds. The minimum atomic E-state index is -0.129. The van der Waals surface area contributed by atoms with E-state index in [4.69, 9.17) is 4.52 Å². The van der Waals surface area contributed by atoms with Crippen LogP contribution in [0.5, 0.6) is 0 Å². The maximum Gasteiger partial charge on any atom is 0.235 e. The Morgan fingerprint density at radius 2 is 2.10 bits per heavy atom. The van der Waals surface area contributed by atoms with E-state index in [-0.39, 0.29) is 11.2 Å². The van der Waals surface area contributed by atoms with E-state index in [1.54, 1.807) is 23.7 Å². The molecule has 4 nitrogen and oxygen atoms in total. The molecular formula is C15H18N2O2S. The van der Waals surface area contributed by atoms with E-state index in [0.717, 1.165) is 16.3 Å². The lowest BCUT2D eigenvalue weighted by Gasteiger charge is -2.20. The fraction of sp³-hybridized carbons (Fsp3) is 0.333. The third kappa shape index (κ3) is 3.87. The van der Waals surface area contributed by atoms with Gasteiger partial charge in [0.1, 0.15) is 11.5 Å². The summed E-state index contributed by atoms with van der Waals surface area (Å²) in [5, 5.41) is 3.78. The van der Waals surface area contributed by atoms with Gasteiger partial charge < -0.3 is 9.42 Å². The molecule has 1 aromatic carbocycles. The normalized spacial score (nSPS) is 12.2. The molecule has 0 bridgehead atoms. The predicted molar refractivity (Wildman–Crippen MR) is 79.5 cm³/mol. The first-order valence-corrected chi connectivity index (χ1v) is 7.33. The van der Waals surface area contributed by atoms with Crippen molar-refractivity contribution >= 4 is 17.7 Å². The maximum atomic E-state index is 12.3. The number of aromatic nitrogens is 1.